The van der Waals surface area contributed by atoms with Crippen molar-refractivity contribution in [1.82, 2.24) is 16.0 Å². The second-order valence-corrected chi connectivity index (χ2v) is 2.91. The van der Waals surface area contributed by atoms with E-state index in [1.54, 1.807) is 0 Å². The van der Waals surface area contributed by atoms with Crippen LogP contribution in [-0.4, -0.2) is 25.2 Å². The molecule has 0 aromatic rings. The minimum Gasteiger partial charge on any atom is -0.311 e. The van der Waals surface area contributed by atoms with Crippen LogP contribution in [0.25, 0.3) is 0 Å². The van der Waals surface area contributed by atoms with E-state index in [1.807, 2.05) is 6.92 Å². The first-order valence-electron chi connectivity index (χ1n) is 3.92. The fourth-order valence-corrected chi connectivity index (χ4v) is 1.07. The third-order valence-electron chi connectivity index (χ3n) is 2.01. The molecule has 1 aliphatic heterocycles. The number of rotatable bonds is 2. The molecule has 66 valence electrons. The molecule has 0 saturated carbocycles. The Bertz CT molecular complexity index is 118. The second-order valence-electron chi connectivity index (χ2n) is 2.91. The SMILES string of the molecule is CCC(N)(N)C1NCNCN1. The Hall–Kier alpha value is -0.200. The number of hydrogen-bond acceptors (Lipinski definition) is 5. The lowest BCUT2D eigenvalue weighted by atomic mass is 10.1. The predicted molar refractivity (Wildman–Crippen MR) is 44.3 cm³/mol. The normalized spacial score (nSPS) is 22.1. The van der Waals surface area contributed by atoms with E-state index in [2.05, 4.69) is 16.0 Å². The highest BCUT2D eigenvalue weighted by Gasteiger charge is 2.29. The largest absolute Gasteiger partial charge is 0.311 e. The van der Waals surface area contributed by atoms with Crippen LogP contribution in [0.4, 0.5) is 0 Å². The number of nitrogens with one attached hydrogen (secondary N) is 3. The van der Waals surface area contributed by atoms with E-state index in [0.29, 0.717) is 0 Å². The number of nitrogens with two attached hydrogens (primary N) is 2. The fraction of sp³-hybridized carbons (Fsp3) is 1.00. The molecule has 0 radical (unpaired) electrons. The van der Waals surface area contributed by atoms with Gasteiger partial charge in [-0.25, -0.2) is 0 Å². The van der Waals surface area contributed by atoms with Gasteiger partial charge in [0, 0.05) is 13.3 Å². The lowest BCUT2D eigenvalue weighted by Crippen LogP contribution is -2.72. The molecule has 11 heavy (non-hydrogen) atoms. The van der Waals surface area contributed by atoms with Crippen LogP contribution >= 0.6 is 0 Å². The Morgan fingerprint density at radius 1 is 1.36 bits per heavy atom. The summed E-state index contributed by atoms with van der Waals surface area (Å²) in [6.07, 6.45) is 0.756. The van der Waals surface area contributed by atoms with Crippen molar-refractivity contribution in [3.8, 4) is 0 Å². The molecule has 0 unspecified atom stereocenters. The predicted octanol–water partition coefficient (Wildman–Crippen LogP) is -1.97. The van der Waals surface area contributed by atoms with Crippen LogP contribution in [0, 0.1) is 0 Å². The molecular weight excluding hydrogens is 142 g/mol. The molecule has 1 fully saturated rings. The summed E-state index contributed by atoms with van der Waals surface area (Å²) in [4.78, 5) is 0. The highest BCUT2D eigenvalue weighted by molar-refractivity contribution is 4.89. The van der Waals surface area contributed by atoms with E-state index in [1.165, 1.54) is 0 Å². The summed E-state index contributed by atoms with van der Waals surface area (Å²) in [7, 11) is 0. The van der Waals surface area contributed by atoms with E-state index in [9.17, 15) is 0 Å². The highest BCUT2D eigenvalue weighted by atomic mass is 15.3. The van der Waals surface area contributed by atoms with Gasteiger partial charge in [-0.05, 0) is 6.42 Å². The average Bonchev–Trinajstić information content (AvgIpc) is 2.06. The summed E-state index contributed by atoms with van der Waals surface area (Å²) in [6, 6.07) is 0. The van der Waals surface area contributed by atoms with Gasteiger partial charge in [0.25, 0.3) is 0 Å². The molecule has 0 atom stereocenters. The van der Waals surface area contributed by atoms with Crippen molar-refractivity contribution in [3.05, 3.63) is 0 Å². The Morgan fingerprint density at radius 3 is 2.36 bits per heavy atom. The maximum Gasteiger partial charge on any atom is 0.0928 e. The lowest BCUT2D eigenvalue weighted by molar-refractivity contribution is 0.211. The molecule has 1 saturated heterocycles. The zero-order valence-electron chi connectivity index (χ0n) is 6.85. The second kappa shape index (κ2) is 3.46. The van der Waals surface area contributed by atoms with Crippen molar-refractivity contribution in [3.63, 3.8) is 0 Å². The maximum atomic E-state index is 5.82. The van der Waals surface area contributed by atoms with Gasteiger partial charge in [0.1, 0.15) is 0 Å². The van der Waals surface area contributed by atoms with Gasteiger partial charge in [-0.1, -0.05) is 6.92 Å². The maximum absolute atomic E-state index is 5.82. The van der Waals surface area contributed by atoms with Crippen LogP contribution < -0.4 is 27.4 Å². The van der Waals surface area contributed by atoms with Gasteiger partial charge in [0.2, 0.25) is 0 Å². The Labute approximate surface area is 66.9 Å². The topological polar surface area (TPSA) is 88.1 Å². The van der Waals surface area contributed by atoms with E-state index in [4.69, 9.17) is 11.5 Å². The molecular formula is C6H17N5. The van der Waals surface area contributed by atoms with Gasteiger partial charge in [-0.15, -0.1) is 0 Å². The molecule has 1 aliphatic rings. The van der Waals surface area contributed by atoms with Crippen molar-refractivity contribution < 1.29 is 0 Å². The lowest BCUT2D eigenvalue weighted by Gasteiger charge is -2.37. The molecule has 1 rings (SSSR count). The molecule has 0 aromatic carbocycles. The fourth-order valence-electron chi connectivity index (χ4n) is 1.07. The molecule has 0 aliphatic carbocycles. The first kappa shape index (κ1) is 8.89. The molecule has 0 amide bonds. The van der Waals surface area contributed by atoms with Crippen molar-refractivity contribution >= 4 is 0 Å². The smallest absolute Gasteiger partial charge is 0.0928 e. The number of hydrogen-bond donors (Lipinski definition) is 5. The summed E-state index contributed by atoms with van der Waals surface area (Å²) in [5, 5.41) is 9.35. The molecule has 5 nitrogen and oxygen atoms in total. The van der Waals surface area contributed by atoms with E-state index in [0.717, 1.165) is 19.8 Å². The van der Waals surface area contributed by atoms with Crippen LogP contribution in [0.5, 0.6) is 0 Å². The van der Waals surface area contributed by atoms with E-state index < -0.39 is 5.66 Å². The summed E-state index contributed by atoms with van der Waals surface area (Å²) in [5.74, 6) is 0. The average molecular weight is 159 g/mol. The van der Waals surface area contributed by atoms with Crippen LogP contribution in [0.2, 0.25) is 0 Å². The van der Waals surface area contributed by atoms with Crippen molar-refractivity contribution in [2.24, 2.45) is 11.5 Å². The summed E-state index contributed by atoms with van der Waals surface area (Å²) < 4.78 is 0. The Balaban J connectivity index is 2.43. The molecule has 0 spiro atoms. The minimum absolute atomic E-state index is 0.00810. The minimum atomic E-state index is -0.651. The first-order chi connectivity index (χ1) is 5.17. The van der Waals surface area contributed by atoms with E-state index in [-0.39, 0.29) is 6.17 Å². The van der Waals surface area contributed by atoms with E-state index >= 15 is 0 Å². The third-order valence-corrected chi connectivity index (χ3v) is 2.01. The van der Waals surface area contributed by atoms with Gasteiger partial charge in [-0.2, -0.15) is 0 Å². The Kier molecular flexibility index (Phi) is 2.80. The molecule has 7 N–H and O–H groups in total. The highest BCUT2D eigenvalue weighted by Crippen LogP contribution is 2.02. The van der Waals surface area contributed by atoms with Crippen LogP contribution in [0.1, 0.15) is 13.3 Å². The zero-order chi connectivity index (χ0) is 8.32. The van der Waals surface area contributed by atoms with Gasteiger partial charge in [-0.3, -0.25) is 16.0 Å². The standard InChI is InChI=1S/C6H17N5/c1-2-6(7,8)5-10-3-9-4-11-5/h5,9-11H,2-4,7-8H2,1H3. The molecule has 5 heteroatoms. The quantitative estimate of drug-likeness (QED) is 0.302. The molecule has 1 heterocycles. The van der Waals surface area contributed by atoms with Gasteiger partial charge >= 0.3 is 0 Å². The summed E-state index contributed by atoms with van der Waals surface area (Å²) in [5.41, 5.74) is 11.0. The first-order valence-corrected chi connectivity index (χ1v) is 3.92. The van der Waals surface area contributed by atoms with Crippen LogP contribution in [-0.2, 0) is 0 Å². The third kappa shape index (κ3) is 2.11. The Morgan fingerprint density at radius 2 is 1.91 bits per heavy atom. The molecule has 0 aromatic heterocycles. The van der Waals surface area contributed by atoms with Gasteiger partial charge < -0.3 is 11.5 Å². The summed E-state index contributed by atoms with van der Waals surface area (Å²) in [6.45, 7) is 3.49. The van der Waals surface area contributed by atoms with Crippen molar-refractivity contribution in [2.75, 3.05) is 13.3 Å². The van der Waals surface area contributed by atoms with Crippen LogP contribution in [0.3, 0.4) is 0 Å². The van der Waals surface area contributed by atoms with Crippen LogP contribution in [0.15, 0.2) is 0 Å². The molecule has 0 bridgehead atoms. The van der Waals surface area contributed by atoms with Crippen molar-refractivity contribution in [1.29, 1.82) is 0 Å². The monoisotopic (exact) mass is 159 g/mol. The zero-order valence-corrected chi connectivity index (χ0v) is 6.85. The van der Waals surface area contributed by atoms with Gasteiger partial charge in [0.05, 0.1) is 11.8 Å². The summed E-state index contributed by atoms with van der Waals surface area (Å²) >= 11 is 0. The van der Waals surface area contributed by atoms with Crippen molar-refractivity contribution in [2.45, 2.75) is 25.2 Å². The van der Waals surface area contributed by atoms with Gasteiger partial charge in [0.15, 0.2) is 0 Å².